The van der Waals surface area contributed by atoms with E-state index < -0.39 is 0 Å². The first-order chi connectivity index (χ1) is 10.0. The Bertz CT molecular complexity index is 870. The van der Waals surface area contributed by atoms with E-state index in [1.165, 1.54) is 15.8 Å². The fraction of sp³-hybridized carbons (Fsp3) is 0.250. The van der Waals surface area contributed by atoms with Gasteiger partial charge in [0.2, 0.25) is 0 Å². The van der Waals surface area contributed by atoms with Gasteiger partial charge in [0.1, 0.15) is 0 Å². The van der Waals surface area contributed by atoms with E-state index in [1.807, 2.05) is 29.1 Å². The minimum Gasteiger partial charge on any atom is -0.319 e. The summed E-state index contributed by atoms with van der Waals surface area (Å²) in [5.41, 5.74) is 3.60. The molecule has 1 aromatic carbocycles. The van der Waals surface area contributed by atoms with E-state index >= 15 is 0 Å². The van der Waals surface area contributed by atoms with Gasteiger partial charge in [0.05, 0.1) is 16.6 Å². The lowest BCUT2D eigenvalue weighted by molar-refractivity contribution is -0.117. The summed E-state index contributed by atoms with van der Waals surface area (Å²) in [5, 5.41) is 1.98. The third-order valence-corrected chi connectivity index (χ3v) is 5.53. The van der Waals surface area contributed by atoms with Crippen molar-refractivity contribution in [3.05, 3.63) is 50.5 Å². The van der Waals surface area contributed by atoms with Crippen molar-refractivity contribution < 1.29 is 4.79 Å². The summed E-state index contributed by atoms with van der Waals surface area (Å²) in [5.74, 6) is -0.0889. The zero-order valence-electron chi connectivity index (χ0n) is 12.2. The second-order valence-corrected chi connectivity index (χ2v) is 7.15. The van der Waals surface area contributed by atoms with E-state index in [0.717, 1.165) is 15.2 Å². The number of aromatic nitrogens is 1. The molecule has 2 aromatic heterocycles. The molecule has 5 heteroatoms. The molecule has 0 bridgehead atoms. The number of benzene rings is 1. The minimum absolute atomic E-state index is 0.0889. The molecule has 0 atom stereocenters. The third-order valence-electron chi connectivity index (χ3n) is 3.37. The largest absolute Gasteiger partial charge is 0.319 e. The molecule has 1 amide bonds. The van der Waals surface area contributed by atoms with Crippen LogP contribution in [-0.2, 0) is 18.3 Å². The highest BCUT2D eigenvalue weighted by Gasteiger charge is 2.08. The van der Waals surface area contributed by atoms with E-state index in [4.69, 9.17) is 0 Å². The Morgan fingerprint density at radius 1 is 1.33 bits per heavy atom. The molecule has 0 unspecified atom stereocenters. The van der Waals surface area contributed by atoms with Crippen LogP contribution in [0.15, 0.2) is 34.6 Å². The molecule has 0 spiro atoms. The summed E-state index contributed by atoms with van der Waals surface area (Å²) in [4.78, 5) is 18.2. The summed E-state index contributed by atoms with van der Waals surface area (Å²) in [7, 11) is 1.97. The van der Waals surface area contributed by atoms with Crippen molar-refractivity contribution in [3.63, 3.8) is 0 Å². The van der Waals surface area contributed by atoms with Crippen LogP contribution in [0.1, 0.15) is 16.0 Å². The predicted octanol–water partition coefficient (Wildman–Crippen LogP) is 3.59. The van der Waals surface area contributed by atoms with E-state index in [2.05, 4.69) is 31.0 Å². The number of carbonyl (C=O) groups is 1. The van der Waals surface area contributed by atoms with Crippen molar-refractivity contribution in [3.8, 4) is 0 Å². The van der Waals surface area contributed by atoms with Gasteiger partial charge >= 0.3 is 0 Å². The van der Waals surface area contributed by atoms with Crippen LogP contribution in [-0.4, -0.2) is 10.5 Å². The van der Waals surface area contributed by atoms with Crippen LogP contribution in [0.2, 0.25) is 0 Å². The van der Waals surface area contributed by atoms with E-state index in [-0.39, 0.29) is 5.91 Å². The molecule has 0 saturated carbocycles. The smallest absolute Gasteiger partial charge is 0.253 e. The highest BCUT2D eigenvalue weighted by Crippen LogP contribution is 2.22. The highest BCUT2D eigenvalue weighted by atomic mass is 32.1. The standard InChI is InChI=1S/C16H16N2OS2/c1-10-7-11(2)15-13(8-10)18(3)16(21-15)17-14(19)9-12-5-4-6-20-12/h4-8H,9H2,1-3H3. The molecule has 0 aliphatic heterocycles. The molecule has 0 aliphatic rings. The molecule has 0 N–H and O–H groups in total. The maximum absolute atomic E-state index is 12.1. The SMILES string of the molecule is Cc1cc(C)c2sc(=NC(=O)Cc3cccs3)n(C)c2c1. The number of amides is 1. The summed E-state index contributed by atoms with van der Waals surface area (Å²) in [6.07, 6.45) is 0.379. The number of thiophene rings is 1. The van der Waals surface area contributed by atoms with Crippen LogP contribution in [0, 0.1) is 13.8 Å². The number of carbonyl (C=O) groups excluding carboxylic acids is 1. The summed E-state index contributed by atoms with van der Waals surface area (Å²) in [6, 6.07) is 8.23. The van der Waals surface area contributed by atoms with Crippen LogP contribution in [0.25, 0.3) is 10.2 Å². The summed E-state index contributed by atoms with van der Waals surface area (Å²) < 4.78 is 3.21. The zero-order chi connectivity index (χ0) is 15.0. The maximum atomic E-state index is 12.1. The minimum atomic E-state index is -0.0889. The number of rotatable bonds is 2. The lowest BCUT2D eigenvalue weighted by atomic mass is 10.1. The summed E-state index contributed by atoms with van der Waals surface area (Å²) in [6.45, 7) is 4.19. The van der Waals surface area contributed by atoms with Gasteiger partial charge in [-0.05, 0) is 42.5 Å². The quantitative estimate of drug-likeness (QED) is 0.711. The number of thiazole rings is 1. The van der Waals surface area contributed by atoms with Gasteiger partial charge in [-0.1, -0.05) is 23.5 Å². The van der Waals surface area contributed by atoms with Crippen LogP contribution in [0.3, 0.4) is 0 Å². The number of hydrogen-bond acceptors (Lipinski definition) is 3. The predicted molar refractivity (Wildman–Crippen MR) is 88.9 cm³/mol. The first-order valence-electron chi connectivity index (χ1n) is 6.71. The molecule has 108 valence electrons. The van der Waals surface area contributed by atoms with Crippen molar-refractivity contribution in [1.82, 2.24) is 4.57 Å². The van der Waals surface area contributed by atoms with Crippen LogP contribution >= 0.6 is 22.7 Å². The van der Waals surface area contributed by atoms with Crippen molar-refractivity contribution in [2.45, 2.75) is 20.3 Å². The second-order valence-electron chi connectivity index (χ2n) is 5.14. The first kappa shape index (κ1) is 14.2. The first-order valence-corrected chi connectivity index (χ1v) is 8.41. The fourth-order valence-corrected chi connectivity index (χ4v) is 4.16. The molecule has 0 saturated heterocycles. The molecular formula is C16H16N2OS2. The monoisotopic (exact) mass is 316 g/mol. The number of nitrogens with zero attached hydrogens (tertiary/aromatic N) is 2. The Kier molecular flexibility index (Phi) is 3.78. The lowest BCUT2D eigenvalue weighted by Crippen LogP contribution is -2.13. The highest BCUT2D eigenvalue weighted by molar-refractivity contribution is 7.16. The van der Waals surface area contributed by atoms with Crippen molar-refractivity contribution >= 4 is 38.8 Å². The van der Waals surface area contributed by atoms with Crippen LogP contribution in [0.4, 0.5) is 0 Å². The molecule has 3 rings (SSSR count). The van der Waals surface area contributed by atoms with Gasteiger partial charge in [0.15, 0.2) is 4.80 Å². The van der Waals surface area contributed by atoms with Crippen molar-refractivity contribution in [2.75, 3.05) is 0 Å². The third kappa shape index (κ3) is 2.84. The molecule has 0 fully saturated rings. The average molecular weight is 316 g/mol. The van der Waals surface area contributed by atoms with E-state index in [9.17, 15) is 4.79 Å². The summed E-state index contributed by atoms with van der Waals surface area (Å²) >= 11 is 3.17. The van der Waals surface area contributed by atoms with Crippen molar-refractivity contribution in [2.24, 2.45) is 12.0 Å². The number of aryl methyl sites for hydroxylation is 3. The van der Waals surface area contributed by atoms with Gasteiger partial charge in [-0.2, -0.15) is 4.99 Å². The van der Waals surface area contributed by atoms with Crippen molar-refractivity contribution in [1.29, 1.82) is 0 Å². The lowest BCUT2D eigenvalue weighted by Gasteiger charge is -2.00. The Hall–Kier alpha value is -1.72. The normalized spacial score (nSPS) is 12.2. The van der Waals surface area contributed by atoms with E-state index in [0.29, 0.717) is 6.42 Å². The number of hydrogen-bond donors (Lipinski definition) is 0. The fourth-order valence-electron chi connectivity index (χ4n) is 2.38. The topological polar surface area (TPSA) is 34.4 Å². The molecule has 21 heavy (non-hydrogen) atoms. The number of fused-ring (bicyclic) bond motifs is 1. The van der Waals surface area contributed by atoms with Crippen LogP contribution in [0.5, 0.6) is 0 Å². The molecule has 2 heterocycles. The van der Waals surface area contributed by atoms with Crippen LogP contribution < -0.4 is 4.80 Å². The maximum Gasteiger partial charge on any atom is 0.253 e. The van der Waals surface area contributed by atoms with Gasteiger partial charge < -0.3 is 4.57 Å². The average Bonchev–Trinajstić information content (AvgIpc) is 3.01. The zero-order valence-corrected chi connectivity index (χ0v) is 13.8. The van der Waals surface area contributed by atoms with Gasteiger partial charge in [-0.25, -0.2) is 0 Å². The molecule has 0 radical (unpaired) electrons. The Morgan fingerprint density at radius 3 is 2.86 bits per heavy atom. The Morgan fingerprint density at radius 2 is 2.14 bits per heavy atom. The second kappa shape index (κ2) is 5.58. The van der Waals surface area contributed by atoms with Gasteiger partial charge in [0.25, 0.3) is 5.91 Å². The van der Waals surface area contributed by atoms with E-state index in [1.54, 1.807) is 22.7 Å². The van der Waals surface area contributed by atoms with Gasteiger partial charge in [-0.15, -0.1) is 11.3 Å². The van der Waals surface area contributed by atoms with Gasteiger partial charge in [-0.3, -0.25) is 4.79 Å². The Labute approximate surface area is 131 Å². The Balaban J connectivity index is 2.04. The molecule has 0 aliphatic carbocycles. The molecular weight excluding hydrogens is 300 g/mol. The molecule has 3 aromatic rings. The van der Waals surface area contributed by atoms with Gasteiger partial charge in [0, 0.05) is 11.9 Å². The molecule has 3 nitrogen and oxygen atoms in total.